The van der Waals surface area contributed by atoms with Gasteiger partial charge >= 0.3 is 12.1 Å². The number of likely N-dealkylation sites (tertiary alicyclic amines) is 1. The minimum Gasteiger partial charge on any atom is -0.342 e. The Morgan fingerprint density at radius 1 is 1.50 bits per heavy atom. The van der Waals surface area contributed by atoms with E-state index >= 15 is 0 Å². The molecule has 1 aromatic heterocycles. The quantitative estimate of drug-likeness (QED) is 0.775. The highest BCUT2D eigenvalue weighted by Gasteiger charge is 2.39. The molecule has 0 aliphatic carbocycles. The number of hydrogen-bond donors (Lipinski definition) is 0. The van der Waals surface area contributed by atoms with Crippen molar-refractivity contribution in [3.8, 4) is 0 Å². The maximum Gasteiger partial charge on any atom is 0.471 e. The molecule has 18 heavy (non-hydrogen) atoms. The summed E-state index contributed by atoms with van der Waals surface area (Å²) in [5.74, 6) is -1.70. The number of rotatable bonds is 1. The summed E-state index contributed by atoms with van der Waals surface area (Å²) >= 11 is 0. The van der Waals surface area contributed by atoms with Gasteiger partial charge in [0.15, 0.2) is 5.82 Å². The van der Waals surface area contributed by atoms with E-state index in [1.807, 2.05) is 0 Å². The van der Waals surface area contributed by atoms with Crippen LogP contribution >= 0.6 is 0 Å². The van der Waals surface area contributed by atoms with Gasteiger partial charge in [-0.05, 0) is 12.8 Å². The molecular weight excluding hydrogens is 251 g/mol. The molecule has 100 valence electrons. The number of amides is 1. The lowest BCUT2D eigenvalue weighted by Crippen LogP contribution is -2.37. The summed E-state index contributed by atoms with van der Waals surface area (Å²) in [6.45, 7) is 2.39. The van der Waals surface area contributed by atoms with Crippen LogP contribution in [0.3, 0.4) is 0 Å². The van der Waals surface area contributed by atoms with Crippen LogP contribution in [-0.2, 0) is 11.0 Å². The van der Waals surface area contributed by atoms with Gasteiger partial charge in [0.05, 0.1) is 0 Å². The molecule has 1 aromatic rings. The Kier molecular flexibility index (Phi) is 3.27. The molecule has 8 heteroatoms. The van der Waals surface area contributed by atoms with Crippen molar-refractivity contribution in [3.63, 3.8) is 0 Å². The van der Waals surface area contributed by atoms with E-state index in [1.165, 1.54) is 6.92 Å². The van der Waals surface area contributed by atoms with E-state index in [0.29, 0.717) is 19.5 Å². The van der Waals surface area contributed by atoms with Gasteiger partial charge < -0.3 is 9.42 Å². The molecule has 2 rings (SSSR count). The van der Waals surface area contributed by atoms with Gasteiger partial charge in [-0.25, -0.2) is 0 Å². The summed E-state index contributed by atoms with van der Waals surface area (Å²) in [5.41, 5.74) is 0. The maximum atomic E-state index is 12.3. The number of carbonyl (C=O) groups is 1. The molecule has 1 unspecified atom stereocenters. The minimum absolute atomic E-state index is 0.0216. The first-order chi connectivity index (χ1) is 8.38. The van der Waals surface area contributed by atoms with Crippen molar-refractivity contribution in [2.45, 2.75) is 31.9 Å². The molecule has 1 saturated heterocycles. The number of nitrogens with zero attached hydrogens (tertiary/aromatic N) is 3. The molecule has 1 fully saturated rings. The van der Waals surface area contributed by atoms with Gasteiger partial charge in [0.2, 0.25) is 5.91 Å². The van der Waals surface area contributed by atoms with Crippen LogP contribution in [0.2, 0.25) is 0 Å². The Bertz CT molecular complexity index is 444. The van der Waals surface area contributed by atoms with Crippen LogP contribution in [0, 0.1) is 0 Å². The Morgan fingerprint density at radius 2 is 2.22 bits per heavy atom. The summed E-state index contributed by atoms with van der Waals surface area (Å²) in [5, 5.41) is 3.36. The van der Waals surface area contributed by atoms with Gasteiger partial charge in [-0.2, -0.15) is 18.2 Å². The molecule has 0 saturated carbocycles. The molecule has 0 N–H and O–H groups in total. The topological polar surface area (TPSA) is 59.2 Å². The number of halogens is 3. The Labute approximate surface area is 101 Å². The monoisotopic (exact) mass is 263 g/mol. The second kappa shape index (κ2) is 4.58. The third-order valence-corrected chi connectivity index (χ3v) is 2.92. The largest absolute Gasteiger partial charge is 0.471 e. The van der Waals surface area contributed by atoms with Gasteiger partial charge in [-0.15, -0.1) is 0 Å². The van der Waals surface area contributed by atoms with Crippen molar-refractivity contribution in [1.29, 1.82) is 0 Å². The molecular formula is C10H12F3N3O2. The van der Waals surface area contributed by atoms with Crippen molar-refractivity contribution < 1.29 is 22.5 Å². The zero-order chi connectivity index (χ0) is 13.3. The fraction of sp³-hybridized carbons (Fsp3) is 0.700. The lowest BCUT2D eigenvalue weighted by atomic mass is 9.97. The molecule has 1 amide bonds. The maximum absolute atomic E-state index is 12.3. The molecule has 5 nitrogen and oxygen atoms in total. The fourth-order valence-corrected chi connectivity index (χ4v) is 1.99. The summed E-state index contributed by atoms with van der Waals surface area (Å²) in [7, 11) is 0. The van der Waals surface area contributed by atoms with Crippen LogP contribution in [0.4, 0.5) is 13.2 Å². The summed E-state index contributed by atoms with van der Waals surface area (Å²) in [6.07, 6.45) is -3.25. The highest BCUT2D eigenvalue weighted by atomic mass is 19.4. The standard InChI is InChI=1S/C10H12F3N3O2/c1-6(17)16-4-2-3-7(5-16)8-14-9(18-15-8)10(11,12)13/h7H,2-5H2,1H3. The lowest BCUT2D eigenvalue weighted by Gasteiger charge is -2.30. The van der Waals surface area contributed by atoms with E-state index in [4.69, 9.17) is 0 Å². The SMILES string of the molecule is CC(=O)N1CCCC(c2noc(C(F)(F)F)n2)C1. The van der Waals surface area contributed by atoms with Crippen LogP contribution in [0.1, 0.15) is 37.4 Å². The normalized spacial score (nSPS) is 21.1. The molecule has 1 aliphatic heterocycles. The summed E-state index contributed by atoms with van der Waals surface area (Å²) in [6, 6.07) is 0. The molecule has 0 bridgehead atoms. The average molecular weight is 263 g/mol. The van der Waals surface area contributed by atoms with Gasteiger partial charge in [0.25, 0.3) is 0 Å². The van der Waals surface area contributed by atoms with Crippen molar-refractivity contribution in [2.24, 2.45) is 0 Å². The number of piperidine rings is 1. The molecule has 1 aliphatic rings. The second-order valence-electron chi connectivity index (χ2n) is 4.26. The number of aromatic nitrogens is 2. The van der Waals surface area contributed by atoms with E-state index < -0.39 is 12.1 Å². The van der Waals surface area contributed by atoms with Gasteiger partial charge in [0, 0.05) is 25.9 Å². The third kappa shape index (κ3) is 2.62. The molecule has 0 radical (unpaired) electrons. The van der Waals surface area contributed by atoms with E-state index in [0.717, 1.165) is 6.42 Å². The zero-order valence-corrected chi connectivity index (χ0v) is 9.70. The molecule has 0 spiro atoms. The van der Waals surface area contributed by atoms with E-state index in [2.05, 4.69) is 14.7 Å². The first-order valence-electron chi connectivity index (χ1n) is 5.54. The lowest BCUT2D eigenvalue weighted by molar-refractivity contribution is -0.159. The summed E-state index contributed by atoms with van der Waals surface area (Å²) < 4.78 is 41.1. The van der Waals surface area contributed by atoms with Crippen molar-refractivity contribution in [3.05, 3.63) is 11.7 Å². The first kappa shape index (κ1) is 12.8. The number of carbonyl (C=O) groups excluding carboxylic acids is 1. The molecule has 1 atom stereocenters. The average Bonchev–Trinajstić information content (AvgIpc) is 2.78. The van der Waals surface area contributed by atoms with Crippen molar-refractivity contribution >= 4 is 5.91 Å². The first-order valence-corrected chi connectivity index (χ1v) is 5.54. The Balaban J connectivity index is 2.12. The minimum atomic E-state index is -4.62. The van der Waals surface area contributed by atoms with Crippen LogP contribution in [0.15, 0.2) is 4.52 Å². The number of hydrogen-bond acceptors (Lipinski definition) is 4. The second-order valence-corrected chi connectivity index (χ2v) is 4.26. The van der Waals surface area contributed by atoms with Crippen LogP contribution in [0.5, 0.6) is 0 Å². The molecule has 0 aromatic carbocycles. The zero-order valence-electron chi connectivity index (χ0n) is 9.70. The van der Waals surface area contributed by atoms with Crippen LogP contribution in [0.25, 0.3) is 0 Å². The predicted molar refractivity (Wildman–Crippen MR) is 53.5 cm³/mol. The van der Waals surface area contributed by atoms with E-state index in [-0.39, 0.29) is 17.6 Å². The number of alkyl halides is 3. The summed E-state index contributed by atoms with van der Waals surface area (Å²) in [4.78, 5) is 16.2. The molecule has 2 heterocycles. The third-order valence-electron chi connectivity index (χ3n) is 2.92. The Hall–Kier alpha value is -1.60. The highest BCUT2D eigenvalue weighted by molar-refractivity contribution is 5.73. The fourth-order valence-electron chi connectivity index (χ4n) is 1.99. The van der Waals surface area contributed by atoms with E-state index in [9.17, 15) is 18.0 Å². The van der Waals surface area contributed by atoms with Gasteiger partial charge in [-0.3, -0.25) is 4.79 Å². The van der Waals surface area contributed by atoms with Crippen LogP contribution < -0.4 is 0 Å². The predicted octanol–water partition coefficient (Wildman–Crippen LogP) is 1.81. The van der Waals surface area contributed by atoms with E-state index in [1.54, 1.807) is 4.90 Å². The van der Waals surface area contributed by atoms with Gasteiger partial charge in [-0.1, -0.05) is 5.16 Å². The van der Waals surface area contributed by atoms with Crippen LogP contribution in [-0.4, -0.2) is 34.0 Å². The highest BCUT2D eigenvalue weighted by Crippen LogP contribution is 2.30. The van der Waals surface area contributed by atoms with Crippen molar-refractivity contribution in [1.82, 2.24) is 15.0 Å². The Morgan fingerprint density at radius 3 is 2.78 bits per heavy atom. The van der Waals surface area contributed by atoms with Gasteiger partial charge in [0.1, 0.15) is 0 Å². The smallest absolute Gasteiger partial charge is 0.342 e. The van der Waals surface area contributed by atoms with Crippen molar-refractivity contribution in [2.75, 3.05) is 13.1 Å².